The van der Waals surface area contributed by atoms with Crippen LogP contribution in [0.5, 0.6) is 0 Å². The molecule has 0 bridgehead atoms. The van der Waals surface area contributed by atoms with Crippen LogP contribution in [-0.4, -0.2) is 17.5 Å². The first-order valence-corrected chi connectivity index (χ1v) is 5.77. The van der Waals surface area contributed by atoms with Gasteiger partial charge in [0.05, 0.1) is 0 Å². The zero-order valence-corrected chi connectivity index (χ0v) is 10.5. The van der Waals surface area contributed by atoms with Gasteiger partial charge in [0.1, 0.15) is 5.54 Å². The van der Waals surface area contributed by atoms with E-state index in [0.717, 1.165) is 12.8 Å². The zero-order chi connectivity index (χ0) is 10.1. The second-order valence-electron chi connectivity index (χ2n) is 4.15. The molecule has 1 saturated heterocycles. The van der Waals surface area contributed by atoms with Crippen molar-refractivity contribution in [3.8, 4) is 0 Å². The summed E-state index contributed by atoms with van der Waals surface area (Å²) in [6, 6.07) is 0.307. The number of amides is 1. The van der Waals surface area contributed by atoms with E-state index in [9.17, 15) is 4.79 Å². The van der Waals surface area contributed by atoms with Crippen LogP contribution in [0.4, 0.5) is 0 Å². The summed E-state index contributed by atoms with van der Waals surface area (Å²) in [4.78, 5) is 11.8. The lowest BCUT2D eigenvalue weighted by molar-refractivity contribution is -0.127. The van der Waals surface area contributed by atoms with Gasteiger partial charge in [-0.05, 0) is 32.6 Å². The van der Waals surface area contributed by atoms with Gasteiger partial charge in [-0.1, -0.05) is 6.92 Å². The largest absolute Gasteiger partial charge is 0.352 e. The third-order valence-electron chi connectivity index (χ3n) is 3.06. The number of halogens is 1. The topological polar surface area (TPSA) is 41.1 Å². The summed E-state index contributed by atoms with van der Waals surface area (Å²) in [7, 11) is 0. The van der Waals surface area contributed by atoms with E-state index < -0.39 is 5.54 Å². The van der Waals surface area contributed by atoms with Gasteiger partial charge in [-0.25, -0.2) is 3.53 Å². The van der Waals surface area contributed by atoms with E-state index in [4.69, 9.17) is 0 Å². The van der Waals surface area contributed by atoms with Gasteiger partial charge in [0, 0.05) is 28.9 Å². The molecule has 2 N–H and O–H groups in total. The molecule has 0 aliphatic carbocycles. The molecule has 4 heteroatoms. The van der Waals surface area contributed by atoms with E-state index in [1.807, 2.05) is 6.92 Å². The molecule has 1 rings (SSSR count). The van der Waals surface area contributed by atoms with Crippen molar-refractivity contribution in [1.29, 1.82) is 0 Å². The van der Waals surface area contributed by atoms with Gasteiger partial charge in [-0.2, -0.15) is 0 Å². The van der Waals surface area contributed by atoms with Crippen LogP contribution < -0.4 is 8.85 Å². The minimum atomic E-state index is -0.411. The Bertz CT molecular complexity index is 210. The van der Waals surface area contributed by atoms with Crippen molar-refractivity contribution in [3.05, 3.63) is 0 Å². The molecule has 1 fully saturated rings. The lowest BCUT2D eigenvalue weighted by atomic mass is 9.85. The Morgan fingerprint density at radius 3 is 2.69 bits per heavy atom. The summed E-state index contributed by atoms with van der Waals surface area (Å²) in [5.74, 6) is 0.508. The van der Waals surface area contributed by atoms with E-state index in [-0.39, 0.29) is 5.91 Å². The SMILES string of the molecule is CC1CC[C@H](C)NC(=O)[C@@]1(C)NI. The van der Waals surface area contributed by atoms with Gasteiger partial charge < -0.3 is 5.32 Å². The molecule has 1 heterocycles. The summed E-state index contributed by atoms with van der Waals surface area (Å²) < 4.78 is 3.10. The molecule has 3 nitrogen and oxygen atoms in total. The summed E-state index contributed by atoms with van der Waals surface area (Å²) in [6.07, 6.45) is 2.16. The highest BCUT2D eigenvalue weighted by atomic mass is 127. The number of carbonyl (C=O) groups excluding carboxylic acids is 1. The molecule has 76 valence electrons. The Labute approximate surface area is 93.5 Å². The molecule has 0 aromatic heterocycles. The zero-order valence-electron chi connectivity index (χ0n) is 8.36. The number of nitrogens with one attached hydrogen (secondary N) is 2. The van der Waals surface area contributed by atoms with Gasteiger partial charge in [-0.15, -0.1) is 0 Å². The van der Waals surface area contributed by atoms with Gasteiger partial charge >= 0.3 is 0 Å². The highest BCUT2D eigenvalue weighted by Gasteiger charge is 2.40. The Morgan fingerprint density at radius 1 is 1.54 bits per heavy atom. The maximum Gasteiger partial charge on any atom is 0.241 e. The third kappa shape index (κ3) is 2.15. The normalized spacial score (nSPS) is 41.1. The first-order valence-electron chi connectivity index (χ1n) is 4.69. The fourth-order valence-electron chi connectivity index (χ4n) is 1.59. The molecular weight excluding hydrogens is 279 g/mol. The summed E-state index contributed by atoms with van der Waals surface area (Å²) in [5, 5.41) is 3.01. The van der Waals surface area contributed by atoms with Gasteiger partial charge in [-0.3, -0.25) is 4.79 Å². The number of carbonyl (C=O) groups is 1. The lowest BCUT2D eigenvalue weighted by Gasteiger charge is -2.30. The van der Waals surface area contributed by atoms with E-state index in [1.165, 1.54) is 0 Å². The van der Waals surface area contributed by atoms with Gasteiger partial charge in [0.25, 0.3) is 0 Å². The van der Waals surface area contributed by atoms with Crippen molar-refractivity contribution in [1.82, 2.24) is 8.85 Å². The van der Waals surface area contributed by atoms with Crippen LogP contribution in [0.1, 0.15) is 33.6 Å². The number of hydrogen-bond acceptors (Lipinski definition) is 2. The fraction of sp³-hybridized carbons (Fsp3) is 0.889. The van der Waals surface area contributed by atoms with Gasteiger partial charge in [0.15, 0.2) is 0 Å². The Hall–Kier alpha value is 0.160. The monoisotopic (exact) mass is 296 g/mol. The lowest BCUT2D eigenvalue weighted by Crippen LogP contribution is -2.55. The van der Waals surface area contributed by atoms with Crippen LogP contribution in [0.2, 0.25) is 0 Å². The highest BCUT2D eigenvalue weighted by molar-refractivity contribution is 14.1. The molecule has 0 aromatic carbocycles. The molecule has 1 aliphatic rings. The molecule has 0 radical (unpaired) electrons. The van der Waals surface area contributed by atoms with Crippen LogP contribution in [0, 0.1) is 5.92 Å². The smallest absolute Gasteiger partial charge is 0.241 e. The van der Waals surface area contributed by atoms with Crippen LogP contribution >= 0.6 is 22.9 Å². The molecule has 1 unspecified atom stereocenters. The summed E-state index contributed by atoms with van der Waals surface area (Å²) in [6.45, 7) is 6.16. The second kappa shape index (κ2) is 4.13. The van der Waals surface area contributed by atoms with Crippen molar-refractivity contribution in [2.75, 3.05) is 0 Å². The Morgan fingerprint density at radius 2 is 2.15 bits per heavy atom. The number of hydrogen-bond donors (Lipinski definition) is 2. The molecule has 13 heavy (non-hydrogen) atoms. The molecule has 3 atom stereocenters. The van der Waals surface area contributed by atoms with Crippen LogP contribution in [0.3, 0.4) is 0 Å². The molecule has 1 aliphatic heterocycles. The van der Waals surface area contributed by atoms with E-state index in [1.54, 1.807) is 0 Å². The fourth-order valence-corrected chi connectivity index (χ4v) is 2.37. The second-order valence-corrected chi connectivity index (χ2v) is 4.69. The first kappa shape index (κ1) is 11.2. The van der Waals surface area contributed by atoms with Crippen molar-refractivity contribution >= 4 is 28.8 Å². The van der Waals surface area contributed by atoms with Gasteiger partial charge in [0.2, 0.25) is 5.91 Å². The van der Waals surface area contributed by atoms with Crippen molar-refractivity contribution in [2.45, 2.75) is 45.2 Å². The highest BCUT2D eigenvalue weighted by Crippen LogP contribution is 2.26. The molecule has 0 spiro atoms. The third-order valence-corrected chi connectivity index (χ3v) is 4.18. The minimum absolute atomic E-state index is 0.124. The Kier molecular flexibility index (Phi) is 3.57. The van der Waals surface area contributed by atoms with E-state index in [2.05, 4.69) is 45.6 Å². The van der Waals surface area contributed by atoms with Crippen LogP contribution in [0.15, 0.2) is 0 Å². The first-order chi connectivity index (χ1) is 6.00. The van der Waals surface area contributed by atoms with Crippen LogP contribution in [-0.2, 0) is 4.79 Å². The molecule has 1 amide bonds. The van der Waals surface area contributed by atoms with Crippen molar-refractivity contribution in [2.24, 2.45) is 5.92 Å². The average Bonchev–Trinajstić information content (AvgIpc) is 2.19. The van der Waals surface area contributed by atoms with E-state index >= 15 is 0 Å². The molecule has 0 aromatic rings. The Balaban J connectivity index is 2.85. The summed E-state index contributed by atoms with van der Waals surface area (Å²) in [5.41, 5.74) is -0.411. The predicted octanol–water partition coefficient (Wildman–Crippen LogP) is 1.62. The predicted molar refractivity (Wildman–Crippen MR) is 61.6 cm³/mol. The average molecular weight is 296 g/mol. The maximum absolute atomic E-state index is 11.8. The molecular formula is C9H17IN2O. The standard InChI is InChI=1S/C9H17IN2O/c1-6-4-5-7(2)11-8(13)9(6,3)12-10/h6-7,12H,4-5H2,1-3H3,(H,11,13)/t6?,7-,9-/m0/s1. The quantitative estimate of drug-likeness (QED) is 0.570. The number of rotatable bonds is 1. The maximum atomic E-state index is 11.8. The molecule has 0 saturated carbocycles. The van der Waals surface area contributed by atoms with Crippen molar-refractivity contribution in [3.63, 3.8) is 0 Å². The summed E-state index contributed by atoms with van der Waals surface area (Å²) >= 11 is 2.07. The van der Waals surface area contributed by atoms with E-state index in [0.29, 0.717) is 12.0 Å². The minimum Gasteiger partial charge on any atom is -0.352 e. The van der Waals surface area contributed by atoms with Crippen LogP contribution in [0.25, 0.3) is 0 Å². The van der Waals surface area contributed by atoms with Crippen molar-refractivity contribution < 1.29 is 4.79 Å².